The molecule has 0 radical (unpaired) electrons. The van der Waals surface area contributed by atoms with Gasteiger partial charge in [0.15, 0.2) is 0 Å². The molecule has 102 valence electrons. The minimum absolute atomic E-state index is 0.0115. The van der Waals surface area contributed by atoms with Crippen molar-refractivity contribution < 1.29 is 22.8 Å². The molecule has 0 bridgehead atoms. The summed E-state index contributed by atoms with van der Waals surface area (Å²) in [5.74, 6) is -2.19. The van der Waals surface area contributed by atoms with Crippen LogP contribution in [0.3, 0.4) is 0 Å². The van der Waals surface area contributed by atoms with Crippen LogP contribution in [-0.4, -0.2) is 25.5 Å². The highest BCUT2D eigenvalue weighted by Crippen LogP contribution is 2.17. The van der Waals surface area contributed by atoms with Gasteiger partial charge in [-0.1, -0.05) is 0 Å². The van der Waals surface area contributed by atoms with Crippen LogP contribution in [0, 0.1) is 12.7 Å². The Kier molecular flexibility index (Phi) is 3.77. The van der Waals surface area contributed by atoms with Gasteiger partial charge in [-0.15, -0.1) is 0 Å². The normalized spacial score (nSPS) is 13.5. The lowest BCUT2D eigenvalue weighted by Crippen LogP contribution is -2.24. The van der Waals surface area contributed by atoms with Crippen LogP contribution >= 0.6 is 0 Å². The van der Waals surface area contributed by atoms with Gasteiger partial charge in [0, 0.05) is 28.9 Å². The number of aryl methyl sites for hydroxylation is 1. The van der Waals surface area contributed by atoms with Gasteiger partial charge < -0.3 is 9.64 Å². The third-order valence-corrected chi connectivity index (χ3v) is 2.27. The van der Waals surface area contributed by atoms with Crippen LogP contribution in [0.4, 0.5) is 10.1 Å². The van der Waals surface area contributed by atoms with Crippen molar-refractivity contribution in [3.63, 3.8) is 0 Å². The Balaban J connectivity index is 3.11. The summed E-state index contributed by atoms with van der Waals surface area (Å²) in [5.41, 5.74) is 0.214. The quantitative estimate of drug-likeness (QED) is 0.621. The molecule has 19 heavy (non-hydrogen) atoms. The molecule has 0 saturated carbocycles. The smallest absolute Gasteiger partial charge is 0.330 e. The zero-order valence-corrected chi connectivity index (χ0v) is 10.6. The standard InChI is InChI=1S/C14H16FNO3/c1-4-19-14(18)8-7-13(17)16(3)11-5-6-12(15)10(2)9-11/h5-9H,4H2,1-3H3/b8-7-/i3D3. The second kappa shape index (κ2) is 6.68. The van der Waals surface area contributed by atoms with E-state index >= 15 is 0 Å². The fourth-order valence-corrected chi connectivity index (χ4v) is 1.30. The van der Waals surface area contributed by atoms with Gasteiger partial charge in [-0.2, -0.15) is 0 Å². The van der Waals surface area contributed by atoms with Crippen molar-refractivity contribution in [3.8, 4) is 0 Å². The van der Waals surface area contributed by atoms with E-state index in [1.807, 2.05) is 0 Å². The maximum absolute atomic E-state index is 13.3. The lowest BCUT2D eigenvalue weighted by molar-refractivity contribution is -0.137. The van der Waals surface area contributed by atoms with Crippen LogP contribution in [0.15, 0.2) is 30.4 Å². The van der Waals surface area contributed by atoms with E-state index in [4.69, 9.17) is 4.11 Å². The minimum atomic E-state index is -2.78. The van der Waals surface area contributed by atoms with Crippen molar-refractivity contribution in [1.29, 1.82) is 0 Å². The number of rotatable bonds is 4. The molecule has 0 aromatic heterocycles. The number of benzene rings is 1. The SMILES string of the molecule is [2H]C([2H])([2H])N(C(=O)/C=C\C(=O)OCC)c1ccc(F)c(C)c1. The Morgan fingerprint density at radius 3 is 2.79 bits per heavy atom. The van der Waals surface area contributed by atoms with Crippen molar-refractivity contribution in [2.24, 2.45) is 0 Å². The molecule has 0 atom stereocenters. The highest BCUT2D eigenvalue weighted by atomic mass is 19.1. The molecule has 1 aromatic carbocycles. The van der Waals surface area contributed by atoms with Crippen molar-refractivity contribution >= 4 is 17.6 Å². The Hall–Kier alpha value is -2.17. The Morgan fingerprint density at radius 2 is 2.21 bits per heavy atom. The molecular weight excluding hydrogens is 249 g/mol. The lowest BCUT2D eigenvalue weighted by atomic mass is 10.2. The summed E-state index contributed by atoms with van der Waals surface area (Å²) in [6.45, 7) is 0.414. The van der Waals surface area contributed by atoms with Gasteiger partial charge in [-0.3, -0.25) is 4.79 Å². The van der Waals surface area contributed by atoms with Crippen LogP contribution < -0.4 is 4.90 Å². The van der Waals surface area contributed by atoms with Crippen molar-refractivity contribution in [3.05, 3.63) is 41.7 Å². The first-order valence-corrected chi connectivity index (χ1v) is 5.62. The van der Waals surface area contributed by atoms with Gasteiger partial charge in [-0.25, -0.2) is 9.18 Å². The first-order valence-electron chi connectivity index (χ1n) is 7.12. The van der Waals surface area contributed by atoms with Gasteiger partial charge in [0.05, 0.1) is 6.61 Å². The van der Waals surface area contributed by atoms with E-state index in [-0.39, 0.29) is 17.9 Å². The molecule has 0 aliphatic heterocycles. The van der Waals surface area contributed by atoms with Crippen molar-refractivity contribution in [1.82, 2.24) is 0 Å². The Bertz CT molecular complexity index is 599. The number of anilines is 1. The summed E-state index contributed by atoms with van der Waals surface area (Å²) >= 11 is 0. The number of hydrogen-bond acceptors (Lipinski definition) is 3. The van der Waals surface area contributed by atoms with Crippen LogP contribution in [-0.2, 0) is 14.3 Å². The molecule has 0 N–H and O–H groups in total. The van der Waals surface area contributed by atoms with Crippen LogP contribution in [0.1, 0.15) is 16.6 Å². The van der Waals surface area contributed by atoms with E-state index in [2.05, 4.69) is 4.74 Å². The molecule has 0 heterocycles. The third kappa shape index (κ3) is 4.21. The topological polar surface area (TPSA) is 46.6 Å². The summed E-state index contributed by atoms with van der Waals surface area (Å²) in [4.78, 5) is 23.8. The number of carbonyl (C=O) groups is 2. The first-order chi connectivity index (χ1) is 10.2. The number of hydrogen-bond donors (Lipinski definition) is 0. The minimum Gasteiger partial charge on any atom is -0.463 e. The number of amides is 1. The summed E-state index contributed by atoms with van der Waals surface area (Å²) in [6.07, 6.45) is 1.66. The molecule has 5 heteroatoms. The summed E-state index contributed by atoms with van der Waals surface area (Å²) in [5, 5.41) is 0. The van der Waals surface area contributed by atoms with E-state index in [0.717, 1.165) is 18.2 Å². The van der Waals surface area contributed by atoms with Crippen molar-refractivity contribution in [2.75, 3.05) is 18.5 Å². The maximum Gasteiger partial charge on any atom is 0.330 e. The van der Waals surface area contributed by atoms with Crippen molar-refractivity contribution in [2.45, 2.75) is 13.8 Å². The van der Waals surface area contributed by atoms with Gasteiger partial charge in [0.25, 0.3) is 5.91 Å². The molecular formula is C14H16FNO3. The fraction of sp³-hybridized carbons (Fsp3) is 0.286. The number of carbonyl (C=O) groups excluding carboxylic acids is 2. The molecule has 0 aliphatic rings. The number of ether oxygens (including phenoxy) is 1. The average Bonchev–Trinajstić information content (AvgIpc) is 2.39. The van der Waals surface area contributed by atoms with E-state index in [9.17, 15) is 14.0 Å². The average molecular weight is 268 g/mol. The molecule has 0 fully saturated rings. The lowest BCUT2D eigenvalue weighted by Gasteiger charge is -2.15. The number of esters is 1. The molecule has 4 nitrogen and oxygen atoms in total. The number of nitrogens with zero attached hydrogens (tertiary/aromatic N) is 1. The summed E-state index contributed by atoms with van der Waals surface area (Å²) in [7, 11) is 0. The predicted molar refractivity (Wildman–Crippen MR) is 70.3 cm³/mol. The van der Waals surface area contributed by atoms with Gasteiger partial charge in [0.2, 0.25) is 0 Å². The zero-order valence-electron chi connectivity index (χ0n) is 13.6. The number of likely N-dealkylation sites (N-methyl/N-ethyl adjacent to an activating group) is 1. The second-order valence-electron chi connectivity index (χ2n) is 3.69. The van der Waals surface area contributed by atoms with E-state index < -0.39 is 24.7 Å². The number of halogens is 1. The molecule has 1 amide bonds. The Morgan fingerprint density at radius 1 is 1.47 bits per heavy atom. The Labute approximate surface area is 115 Å². The van der Waals surface area contributed by atoms with Gasteiger partial charge >= 0.3 is 5.97 Å². The van der Waals surface area contributed by atoms with E-state index in [1.54, 1.807) is 6.92 Å². The van der Waals surface area contributed by atoms with E-state index in [0.29, 0.717) is 4.90 Å². The second-order valence-corrected chi connectivity index (χ2v) is 3.69. The molecule has 0 unspecified atom stereocenters. The largest absolute Gasteiger partial charge is 0.463 e. The predicted octanol–water partition coefficient (Wildman–Crippen LogP) is 2.22. The molecule has 1 aromatic rings. The molecule has 0 saturated heterocycles. The van der Waals surface area contributed by atoms with Gasteiger partial charge in [0.1, 0.15) is 5.82 Å². The highest BCUT2D eigenvalue weighted by molar-refractivity contribution is 6.03. The van der Waals surface area contributed by atoms with Gasteiger partial charge in [-0.05, 0) is 37.6 Å². The van der Waals surface area contributed by atoms with E-state index in [1.165, 1.54) is 19.1 Å². The van der Waals surface area contributed by atoms with Crippen LogP contribution in [0.5, 0.6) is 0 Å². The van der Waals surface area contributed by atoms with Crippen LogP contribution in [0.2, 0.25) is 0 Å². The maximum atomic E-state index is 13.3. The first kappa shape index (κ1) is 10.7. The highest BCUT2D eigenvalue weighted by Gasteiger charge is 2.09. The third-order valence-electron chi connectivity index (χ3n) is 2.27. The van der Waals surface area contributed by atoms with Crippen LogP contribution in [0.25, 0.3) is 0 Å². The summed E-state index contributed by atoms with van der Waals surface area (Å²) in [6, 6.07) is 3.51. The fourth-order valence-electron chi connectivity index (χ4n) is 1.30. The monoisotopic (exact) mass is 268 g/mol. The molecule has 0 spiro atoms. The molecule has 0 aliphatic carbocycles. The zero-order chi connectivity index (χ0) is 16.9. The summed E-state index contributed by atoms with van der Waals surface area (Å²) < 4.78 is 40.2. The molecule has 1 rings (SSSR count).